The molecule has 84 valence electrons. The molecule has 1 aromatic rings. The predicted octanol–water partition coefficient (Wildman–Crippen LogP) is 3.23. The Morgan fingerprint density at radius 2 is 1.93 bits per heavy atom. The van der Waals surface area contributed by atoms with E-state index in [-0.39, 0.29) is 0 Å². The van der Waals surface area contributed by atoms with Crippen LogP contribution in [-0.4, -0.2) is 13.1 Å². The summed E-state index contributed by atoms with van der Waals surface area (Å²) in [6.45, 7) is 6.59. The molecule has 1 N–H and O–H groups in total. The summed E-state index contributed by atoms with van der Waals surface area (Å²) in [5, 5.41) is 3.27. The van der Waals surface area contributed by atoms with Crippen molar-refractivity contribution in [3.63, 3.8) is 0 Å². The van der Waals surface area contributed by atoms with Crippen LogP contribution < -0.4 is 5.32 Å². The van der Waals surface area contributed by atoms with Crippen LogP contribution in [-0.2, 0) is 6.42 Å². The maximum atomic E-state index is 3.27. The highest BCUT2D eigenvalue weighted by Gasteiger charge is 2.00. The number of benzene rings is 1. The van der Waals surface area contributed by atoms with Gasteiger partial charge in [-0.25, -0.2) is 0 Å². The van der Waals surface area contributed by atoms with Crippen molar-refractivity contribution in [2.45, 2.75) is 46.1 Å². The zero-order chi connectivity index (χ0) is 11.3. The Bertz CT molecular complexity index is 304. The molecule has 0 saturated carbocycles. The minimum atomic E-state index is 0.636. The van der Waals surface area contributed by atoms with Gasteiger partial charge in [-0.1, -0.05) is 18.2 Å². The van der Waals surface area contributed by atoms with Gasteiger partial charge in [0.05, 0.1) is 0 Å². The number of hydrogen-bond acceptors (Lipinski definition) is 1. The Morgan fingerprint density at radius 1 is 1.20 bits per heavy atom. The fraction of sp³-hybridized carbons (Fsp3) is 0.571. The van der Waals surface area contributed by atoms with Crippen molar-refractivity contribution in [2.24, 2.45) is 0 Å². The fourth-order valence-electron chi connectivity index (χ4n) is 1.72. The maximum Gasteiger partial charge on any atom is 0.00358 e. The first-order valence-corrected chi connectivity index (χ1v) is 5.87. The van der Waals surface area contributed by atoms with Crippen LogP contribution in [0.3, 0.4) is 0 Å². The highest BCUT2D eigenvalue weighted by Crippen LogP contribution is 2.12. The van der Waals surface area contributed by atoms with Crippen LogP contribution >= 0.6 is 0 Å². The summed E-state index contributed by atoms with van der Waals surface area (Å²) in [5.41, 5.74) is 4.28. The molecular weight excluding hydrogens is 182 g/mol. The van der Waals surface area contributed by atoms with E-state index < -0.39 is 0 Å². The lowest BCUT2D eigenvalue weighted by molar-refractivity contribution is 0.542. The smallest absolute Gasteiger partial charge is 0.00358 e. The van der Waals surface area contributed by atoms with Crippen LogP contribution in [0.25, 0.3) is 0 Å². The van der Waals surface area contributed by atoms with Crippen LogP contribution in [0.5, 0.6) is 0 Å². The van der Waals surface area contributed by atoms with Crippen LogP contribution in [0.2, 0.25) is 0 Å². The second kappa shape index (κ2) is 5.92. The molecule has 0 radical (unpaired) electrons. The van der Waals surface area contributed by atoms with Gasteiger partial charge < -0.3 is 5.32 Å². The standard InChI is InChI=1S/C14H23N/c1-11-8-9-14(10-12(11)2)7-5-6-13(3)15-4/h8-10,13,15H,5-7H2,1-4H3. The Balaban J connectivity index is 2.41. The second-order valence-corrected chi connectivity index (χ2v) is 4.50. The third-order valence-corrected chi connectivity index (χ3v) is 3.17. The van der Waals surface area contributed by atoms with Crippen LogP contribution in [0.1, 0.15) is 36.5 Å². The van der Waals surface area contributed by atoms with Gasteiger partial charge in [0.1, 0.15) is 0 Å². The first-order valence-electron chi connectivity index (χ1n) is 5.87. The molecule has 1 rings (SSSR count). The topological polar surface area (TPSA) is 12.0 Å². The van der Waals surface area contributed by atoms with E-state index in [4.69, 9.17) is 0 Å². The number of rotatable bonds is 5. The zero-order valence-corrected chi connectivity index (χ0v) is 10.4. The molecule has 0 aliphatic rings. The molecule has 0 spiro atoms. The van der Waals surface area contributed by atoms with Crippen molar-refractivity contribution in [2.75, 3.05) is 7.05 Å². The van der Waals surface area contributed by atoms with Crippen LogP contribution in [0.4, 0.5) is 0 Å². The van der Waals surface area contributed by atoms with Crippen molar-refractivity contribution < 1.29 is 0 Å². The summed E-state index contributed by atoms with van der Waals surface area (Å²) < 4.78 is 0. The molecule has 0 aliphatic heterocycles. The summed E-state index contributed by atoms with van der Waals surface area (Å²) >= 11 is 0. The van der Waals surface area contributed by atoms with Crippen molar-refractivity contribution in [1.82, 2.24) is 5.32 Å². The van der Waals surface area contributed by atoms with E-state index in [0.29, 0.717) is 6.04 Å². The van der Waals surface area contributed by atoms with Gasteiger partial charge in [0.2, 0.25) is 0 Å². The third-order valence-electron chi connectivity index (χ3n) is 3.17. The summed E-state index contributed by atoms with van der Waals surface area (Å²) in [5.74, 6) is 0. The van der Waals surface area contributed by atoms with Crippen LogP contribution in [0.15, 0.2) is 18.2 Å². The molecular formula is C14H23N. The zero-order valence-electron chi connectivity index (χ0n) is 10.4. The van der Waals surface area contributed by atoms with E-state index in [1.807, 2.05) is 7.05 Å². The predicted molar refractivity (Wildman–Crippen MR) is 67.4 cm³/mol. The van der Waals surface area contributed by atoms with E-state index in [1.54, 1.807) is 0 Å². The van der Waals surface area contributed by atoms with Crippen molar-refractivity contribution in [3.8, 4) is 0 Å². The molecule has 0 saturated heterocycles. The summed E-state index contributed by atoms with van der Waals surface area (Å²) in [7, 11) is 2.03. The van der Waals surface area contributed by atoms with Gasteiger partial charge >= 0.3 is 0 Å². The molecule has 0 bridgehead atoms. The minimum absolute atomic E-state index is 0.636. The Kier molecular flexibility index (Phi) is 4.83. The molecule has 0 fully saturated rings. The Labute approximate surface area is 93.9 Å². The van der Waals surface area contributed by atoms with E-state index in [2.05, 4.69) is 44.3 Å². The van der Waals surface area contributed by atoms with Gasteiger partial charge in [-0.2, -0.15) is 0 Å². The molecule has 0 aliphatic carbocycles. The lowest BCUT2D eigenvalue weighted by Gasteiger charge is -2.10. The lowest BCUT2D eigenvalue weighted by Crippen LogP contribution is -2.20. The lowest BCUT2D eigenvalue weighted by atomic mass is 10.0. The first-order chi connectivity index (χ1) is 7.13. The molecule has 1 atom stereocenters. The van der Waals surface area contributed by atoms with E-state index in [9.17, 15) is 0 Å². The van der Waals surface area contributed by atoms with E-state index >= 15 is 0 Å². The van der Waals surface area contributed by atoms with Crippen LogP contribution in [0, 0.1) is 13.8 Å². The highest BCUT2D eigenvalue weighted by atomic mass is 14.8. The minimum Gasteiger partial charge on any atom is -0.317 e. The number of hydrogen-bond donors (Lipinski definition) is 1. The SMILES string of the molecule is CNC(C)CCCc1ccc(C)c(C)c1. The van der Waals surface area contributed by atoms with Gasteiger partial charge in [-0.05, 0) is 63.8 Å². The van der Waals surface area contributed by atoms with Gasteiger partial charge in [-0.3, -0.25) is 0 Å². The molecule has 1 nitrogen and oxygen atoms in total. The molecule has 1 aromatic carbocycles. The van der Waals surface area contributed by atoms with Crippen molar-refractivity contribution in [3.05, 3.63) is 34.9 Å². The summed E-state index contributed by atoms with van der Waals surface area (Å²) in [4.78, 5) is 0. The Morgan fingerprint density at radius 3 is 2.53 bits per heavy atom. The average Bonchev–Trinajstić information content (AvgIpc) is 2.23. The monoisotopic (exact) mass is 205 g/mol. The highest BCUT2D eigenvalue weighted by molar-refractivity contribution is 5.29. The molecule has 0 amide bonds. The number of aryl methyl sites for hydroxylation is 3. The van der Waals surface area contributed by atoms with Crippen molar-refractivity contribution >= 4 is 0 Å². The number of nitrogens with one attached hydrogen (secondary N) is 1. The quantitative estimate of drug-likeness (QED) is 0.778. The van der Waals surface area contributed by atoms with Crippen molar-refractivity contribution in [1.29, 1.82) is 0 Å². The summed E-state index contributed by atoms with van der Waals surface area (Å²) in [6, 6.07) is 7.44. The maximum absolute atomic E-state index is 3.27. The fourth-order valence-corrected chi connectivity index (χ4v) is 1.72. The third kappa shape index (κ3) is 4.05. The van der Waals surface area contributed by atoms with E-state index in [0.717, 1.165) is 0 Å². The molecule has 15 heavy (non-hydrogen) atoms. The molecule has 1 unspecified atom stereocenters. The molecule has 0 aromatic heterocycles. The van der Waals surface area contributed by atoms with E-state index in [1.165, 1.54) is 36.0 Å². The largest absolute Gasteiger partial charge is 0.317 e. The second-order valence-electron chi connectivity index (χ2n) is 4.50. The van der Waals surface area contributed by atoms with Gasteiger partial charge in [0, 0.05) is 6.04 Å². The van der Waals surface area contributed by atoms with Gasteiger partial charge in [-0.15, -0.1) is 0 Å². The molecule has 1 heteroatoms. The first kappa shape index (κ1) is 12.3. The molecule has 0 heterocycles. The van der Waals surface area contributed by atoms with Gasteiger partial charge in [0.25, 0.3) is 0 Å². The normalized spacial score (nSPS) is 12.8. The summed E-state index contributed by atoms with van der Waals surface area (Å²) in [6.07, 6.45) is 3.72. The Hall–Kier alpha value is -0.820. The van der Waals surface area contributed by atoms with Gasteiger partial charge in [0.15, 0.2) is 0 Å². The average molecular weight is 205 g/mol.